The highest BCUT2D eigenvalue weighted by atomic mass is 35.7. The number of halogens is 2. The molecule has 0 radical (unpaired) electrons. The number of hydrogen-bond acceptors (Lipinski definition) is 2. The fourth-order valence-electron chi connectivity index (χ4n) is 0.109. The van der Waals surface area contributed by atoms with Gasteiger partial charge in [0.05, 0.1) is 5.90 Å². The Labute approximate surface area is 52.3 Å². The fraction of sp³-hybridized carbons (Fsp3) is 1.00. The third-order valence-electron chi connectivity index (χ3n) is 0.278. The van der Waals surface area contributed by atoms with Gasteiger partial charge in [0.2, 0.25) is 0 Å². The third-order valence-corrected chi connectivity index (χ3v) is 4.91. The average molecular weight is 181 g/mol. The summed E-state index contributed by atoms with van der Waals surface area (Å²) in [6, 6.07) is 0. The minimum Gasteiger partial charge on any atom is -0.309 e. The quantitative estimate of drug-likeness (QED) is 0.612. The average Bonchev–Trinajstić information content (AvgIpc) is 1.27. The van der Waals surface area contributed by atoms with Crippen LogP contribution in [0.5, 0.6) is 0 Å². The summed E-state index contributed by atoms with van der Waals surface area (Å²) in [5.41, 5.74) is 0. The first kappa shape index (κ1) is 8.04. The van der Waals surface area contributed by atoms with E-state index in [1.165, 1.54) is 0 Å². The van der Waals surface area contributed by atoms with Crippen molar-refractivity contribution in [2.24, 2.45) is 0 Å². The van der Waals surface area contributed by atoms with Gasteiger partial charge in [-0.3, -0.25) is 0 Å². The van der Waals surface area contributed by atoms with Crippen LogP contribution in [0.15, 0.2) is 0 Å². The van der Waals surface area contributed by atoms with Gasteiger partial charge in [-0.2, -0.15) is 0 Å². The molecule has 0 rings (SSSR count). The number of rotatable bonds is 2. The Morgan fingerprint density at radius 2 is 1.43 bits per heavy atom. The Morgan fingerprint density at radius 1 is 1.14 bits per heavy atom. The van der Waals surface area contributed by atoms with E-state index in [0.29, 0.717) is 0 Å². The molecule has 0 aliphatic heterocycles. The molecule has 0 amide bonds. The zero-order valence-electron chi connectivity index (χ0n) is 3.28. The summed E-state index contributed by atoms with van der Waals surface area (Å²) < 4.78 is 19.9. The highest BCUT2D eigenvalue weighted by Crippen LogP contribution is 2.41. The van der Waals surface area contributed by atoms with E-state index < -0.39 is 14.3 Å². The van der Waals surface area contributed by atoms with Crippen LogP contribution in [0.4, 0.5) is 0 Å². The Balaban J connectivity index is 3.32. The van der Waals surface area contributed by atoms with Crippen molar-refractivity contribution in [3.63, 3.8) is 0 Å². The third kappa shape index (κ3) is 7.04. The molecule has 7 heavy (non-hydrogen) atoms. The minimum atomic E-state index is -2.11. The molecular formula is CH4Cl2O2P2. The normalized spacial score (nSPS) is 18.6. The van der Waals surface area contributed by atoms with Crippen LogP contribution in [-0.2, 0) is 9.13 Å². The van der Waals surface area contributed by atoms with E-state index in [0.717, 1.165) is 0 Å². The standard InChI is InChI=1S/CH4Cl2O2P2/c2-6(4)1-7(3)5/h6-7H,1H2. The summed E-state index contributed by atoms with van der Waals surface area (Å²) in [4.78, 5) is 0. The summed E-state index contributed by atoms with van der Waals surface area (Å²) in [6.45, 7) is 0. The summed E-state index contributed by atoms with van der Waals surface area (Å²) in [5.74, 6) is -0.0154. The van der Waals surface area contributed by atoms with E-state index in [9.17, 15) is 9.13 Å². The van der Waals surface area contributed by atoms with Crippen molar-refractivity contribution in [1.29, 1.82) is 0 Å². The van der Waals surface area contributed by atoms with Crippen LogP contribution >= 0.6 is 36.8 Å². The van der Waals surface area contributed by atoms with Crippen molar-refractivity contribution in [2.75, 3.05) is 5.90 Å². The SMILES string of the molecule is O=[PH](Cl)C[PH](=O)Cl. The molecule has 2 unspecified atom stereocenters. The largest absolute Gasteiger partial charge is 0.309 e. The molecule has 0 aromatic rings. The molecule has 0 spiro atoms. The zero-order chi connectivity index (χ0) is 5.86. The molecule has 0 heterocycles. The molecule has 0 aliphatic carbocycles. The first-order valence-electron chi connectivity index (χ1n) is 1.49. The Morgan fingerprint density at radius 3 is 1.43 bits per heavy atom. The van der Waals surface area contributed by atoms with E-state index in [1.807, 2.05) is 0 Å². The summed E-state index contributed by atoms with van der Waals surface area (Å²) >= 11 is 9.92. The van der Waals surface area contributed by atoms with Gasteiger partial charge in [0.1, 0.15) is 0 Å². The highest BCUT2D eigenvalue weighted by molar-refractivity contribution is 7.88. The molecule has 2 atom stereocenters. The van der Waals surface area contributed by atoms with E-state index in [2.05, 4.69) is 0 Å². The summed E-state index contributed by atoms with van der Waals surface area (Å²) in [6.07, 6.45) is 0. The van der Waals surface area contributed by atoms with Gasteiger partial charge < -0.3 is 9.13 Å². The van der Waals surface area contributed by atoms with Crippen LogP contribution in [-0.4, -0.2) is 5.90 Å². The first-order chi connectivity index (χ1) is 3.13. The molecule has 0 fully saturated rings. The summed E-state index contributed by atoms with van der Waals surface area (Å²) in [5, 5.41) is 0. The van der Waals surface area contributed by atoms with E-state index >= 15 is 0 Å². The van der Waals surface area contributed by atoms with Gasteiger partial charge in [-0.15, -0.1) is 0 Å². The molecule has 0 aromatic carbocycles. The molecule has 2 nitrogen and oxygen atoms in total. The van der Waals surface area contributed by atoms with Gasteiger partial charge >= 0.3 is 0 Å². The molecule has 6 heteroatoms. The molecule has 0 saturated carbocycles. The topological polar surface area (TPSA) is 34.1 Å². The molecule has 44 valence electrons. The van der Waals surface area contributed by atoms with Crippen LogP contribution in [0.2, 0.25) is 0 Å². The fourth-order valence-corrected chi connectivity index (χ4v) is 3.78. The number of hydrogen-bond donors (Lipinski definition) is 0. The lowest BCUT2D eigenvalue weighted by molar-refractivity contribution is 0.592. The molecule has 0 saturated heterocycles. The summed E-state index contributed by atoms with van der Waals surface area (Å²) in [7, 11) is -4.22. The molecule has 0 N–H and O–H groups in total. The monoisotopic (exact) mass is 180 g/mol. The second-order valence-corrected chi connectivity index (χ2v) is 6.25. The predicted octanol–water partition coefficient (Wildman–Crippen LogP) is 2.37. The maximum Gasteiger partial charge on any atom is 0.166 e. The predicted molar refractivity (Wildman–Crippen MR) is 34.6 cm³/mol. The Hall–Kier alpha value is 1.04. The van der Waals surface area contributed by atoms with Gasteiger partial charge in [-0.1, -0.05) is 22.5 Å². The van der Waals surface area contributed by atoms with E-state index in [1.54, 1.807) is 0 Å². The lowest BCUT2D eigenvalue weighted by Gasteiger charge is -1.80. The smallest absolute Gasteiger partial charge is 0.166 e. The van der Waals surface area contributed by atoms with Crippen LogP contribution in [0.25, 0.3) is 0 Å². The molecule has 0 bridgehead atoms. The van der Waals surface area contributed by atoms with Crippen LogP contribution in [0.3, 0.4) is 0 Å². The van der Waals surface area contributed by atoms with Crippen molar-refractivity contribution in [3.8, 4) is 0 Å². The Kier molecular flexibility index (Phi) is 4.56. The highest BCUT2D eigenvalue weighted by Gasteiger charge is 1.95. The Bertz CT molecular complexity index is 89.9. The second kappa shape index (κ2) is 3.97. The van der Waals surface area contributed by atoms with Gasteiger partial charge in [-0.05, 0) is 0 Å². The molecular weight excluding hydrogens is 177 g/mol. The van der Waals surface area contributed by atoms with E-state index in [4.69, 9.17) is 22.5 Å². The van der Waals surface area contributed by atoms with Gasteiger partial charge in [0.25, 0.3) is 0 Å². The first-order valence-corrected chi connectivity index (χ1v) is 6.75. The minimum absolute atomic E-state index is 0.0154. The maximum absolute atomic E-state index is 9.95. The van der Waals surface area contributed by atoms with E-state index in [-0.39, 0.29) is 5.90 Å². The van der Waals surface area contributed by atoms with Crippen molar-refractivity contribution in [1.82, 2.24) is 0 Å². The van der Waals surface area contributed by atoms with Crippen LogP contribution < -0.4 is 0 Å². The zero-order valence-corrected chi connectivity index (χ0v) is 6.79. The van der Waals surface area contributed by atoms with Crippen molar-refractivity contribution in [3.05, 3.63) is 0 Å². The van der Waals surface area contributed by atoms with Crippen molar-refractivity contribution < 1.29 is 9.13 Å². The lowest BCUT2D eigenvalue weighted by Crippen LogP contribution is -1.50. The second-order valence-electron chi connectivity index (χ2n) is 0.887. The van der Waals surface area contributed by atoms with Crippen molar-refractivity contribution >= 4 is 36.8 Å². The molecule has 0 aliphatic rings. The van der Waals surface area contributed by atoms with Gasteiger partial charge in [0, 0.05) is 0 Å². The van der Waals surface area contributed by atoms with Crippen LogP contribution in [0.1, 0.15) is 0 Å². The lowest BCUT2D eigenvalue weighted by atomic mass is 11.9. The maximum atomic E-state index is 9.95. The van der Waals surface area contributed by atoms with Gasteiger partial charge in [0.15, 0.2) is 14.3 Å². The van der Waals surface area contributed by atoms with Gasteiger partial charge in [-0.25, -0.2) is 0 Å². The molecule has 0 aromatic heterocycles. The van der Waals surface area contributed by atoms with Crippen molar-refractivity contribution in [2.45, 2.75) is 0 Å². The van der Waals surface area contributed by atoms with Crippen LogP contribution in [0, 0.1) is 0 Å².